The zero-order chi connectivity index (χ0) is 23.9. The smallest absolute Gasteiger partial charge is 0.258 e. The van der Waals surface area contributed by atoms with E-state index < -0.39 is 0 Å². The molecule has 5 nitrogen and oxygen atoms in total. The molecule has 2 heterocycles. The second-order valence-electron chi connectivity index (χ2n) is 8.57. The summed E-state index contributed by atoms with van der Waals surface area (Å²) in [6.07, 6.45) is 8.17. The first-order valence-electron chi connectivity index (χ1n) is 11.3. The normalized spacial score (nSPS) is 15.5. The topological polar surface area (TPSA) is 57.7 Å². The van der Waals surface area contributed by atoms with Crippen LogP contribution in [0.2, 0.25) is 0 Å². The minimum absolute atomic E-state index is 0.0650. The third kappa shape index (κ3) is 3.95. The minimum atomic E-state index is -0.295. The molecule has 2 aliphatic heterocycles. The highest BCUT2D eigenvalue weighted by atomic mass is 16.2. The van der Waals surface area contributed by atoms with Gasteiger partial charge in [0, 0.05) is 23.9 Å². The molecule has 2 aliphatic rings. The largest absolute Gasteiger partial charge is 0.278 e. The van der Waals surface area contributed by atoms with Crippen molar-refractivity contribution in [1.29, 1.82) is 0 Å². The number of carbonyl (C=O) groups is 3. The van der Waals surface area contributed by atoms with Gasteiger partial charge in [-0.3, -0.25) is 19.3 Å². The van der Waals surface area contributed by atoms with E-state index in [9.17, 15) is 14.4 Å². The van der Waals surface area contributed by atoms with Crippen molar-refractivity contribution >= 4 is 29.1 Å². The second kappa shape index (κ2) is 8.66. The van der Waals surface area contributed by atoms with Crippen LogP contribution in [-0.4, -0.2) is 17.7 Å². The zero-order valence-electron chi connectivity index (χ0n) is 19.6. The Hall–Kier alpha value is -3.73. The summed E-state index contributed by atoms with van der Waals surface area (Å²) in [5.41, 5.74) is 8.59. The fraction of sp³-hybridized carbons (Fsp3) is 0.250. The van der Waals surface area contributed by atoms with E-state index in [0.717, 1.165) is 51.9 Å². The maximum absolute atomic E-state index is 12.4. The van der Waals surface area contributed by atoms with Gasteiger partial charge in [-0.1, -0.05) is 44.7 Å². The van der Waals surface area contributed by atoms with Crippen molar-refractivity contribution in [2.24, 2.45) is 0 Å². The molecular formula is C28H28N2O3. The van der Waals surface area contributed by atoms with Crippen LogP contribution in [0.4, 0.5) is 11.4 Å². The average molecular weight is 441 g/mol. The molecule has 0 atom stereocenters. The van der Waals surface area contributed by atoms with Gasteiger partial charge in [-0.05, 0) is 72.6 Å². The molecule has 0 fully saturated rings. The first-order valence-corrected chi connectivity index (χ1v) is 11.3. The summed E-state index contributed by atoms with van der Waals surface area (Å²) in [6, 6.07) is 8.43. The molecule has 0 bridgehead atoms. The van der Waals surface area contributed by atoms with Crippen molar-refractivity contribution in [3.05, 3.63) is 94.2 Å². The van der Waals surface area contributed by atoms with E-state index in [0.29, 0.717) is 17.8 Å². The first kappa shape index (κ1) is 22.5. The van der Waals surface area contributed by atoms with Gasteiger partial charge in [-0.25, -0.2) is 4.90 Å². The van der Waals surface area contributed by atoms with Crippen molar-refractivity contribution in [2.75, 3.05) is 9.80 Å². The summed E-state index contributed by atoms with van der Waals surface area (Å²) in [7, 11) is 0. The Bertz CT molecular complexity index is 1130. The summed E-state index contributed by atoms with van der Waals surface area (Å²) < 4.78 is 0. The first-order chi connectivity index (χ1) is 15.7. The Morgan fingerprint density at radius 3 is 1.52 bits per heavy atom. The molecule has 168 valence electrons. The van der Waals surface area contributed by atoms with Crippen molar-refractivity contribution in [1.82, 2.24) is 0 Å². The number of anilines is 2. The zero-order valence-corrected chi connectivity index (χ0v) is 19.6. The van der Waals surface area contributed by atoms with Gasteiger partial charge in [-0.2, -0.15) is 0 Å². The summed E-state index contributed by atoms with van der Waals surface area (Å²) in [5.74, 6) is -0.654. The van der Waals surface area contributed by atoms with Crippen LogP contribution in [0.3, 0.4) is 0 Å². The Morgan fingerprint density at radius 1 is 0.667 bits per heavy atom. The number of hydrogen-bond donors (Lipinski definition) is 0. The Morgan fingerprint density at radius 2 is 1.09 bits per heavy atom. The number of hydrogen-bond acceptors (Lipinski definition) is 3. The van der Waals surface area contributed by atoms with E-state index in [1.807, 2.05) is 20.8 Å². The number of benzene rings is 2. The molecule has 0 unspecified atom stereocenters. The predicted molar refractivity (Wildman–Crippen MR) is 131 cm³/mol. The maximum atomic E-state index is 12.4. The van der Waals surface area contributed by atoms with Crippen molar-refractivity contribution in [3.63, 3.8) is 0 Å². The molecule has 0 aromatic heterocycles. The van der Waals surface area contributed by atoms with E-state index >= 15 is 0 Å². The van der Waals surface area contributed by atoms with Crippen LogP contribution in [0.15, 0.2) is 60.8 Å². The van der Waals surface area contributed by atoms with Gasteiger partial charge in [0.15, 0.2) is 0 Å². The number of amides is 3. The fourth-order valence-electron chi connectivity index (χ4n) is 4.82. The average Bonchev–Trinajstić information content (AvgIpc) is 3.28. The van der Waals surface area contributed by atoms with Crippen LogP contribution >= 0.6 is 0 Å². The molecule has 4 rings (SSSR count). The molecule has 2 aromatic rings. The summed E-state index contributed by atoms with van der Waals surface area (Å²) in [6.45, 7) is 12.1. The molecule has 0 N–H and O–H groups in total. The number of carbonyl (C=O) groups excluding carboxylic acids is 3. The molecule has 2 aromatic carbocycles. The highest BCUT2D eigenvalue weighted by molar-refractivity contribution is 6.28. The summed E-state index contributed by atoms with van der Waals surface area (Å²) in [5, 5.41) is 0. The van der Waals surface area contributed by atoms with E-state index in [1.165, 1.54) is 17.1 Å². The number of allylic oxidation sites excluding steroid dienone is 1. The lowest BCUT2D eigenvalue weighted by Crippen LogP contribution is -2.31. The predicted octanol–water partition coefficient (Wildman–Crippen LogP) is 4.86. The van der Waals surface area contributed by atoms with E-state index in [4.69, 9.17) is 0 Å². The lowest BCUT2D eigenvalue weighted by molar-refractivity contribution is -0.120. The lowest BCUT2D eigenvalue weighted by atomic mass is 9.93. The Labute approximate surface area is 194 Å². The van der Waals surface area contributed by atoms with Crippen LogP contribution in [0.25, 0.3) is 0 Å². The highest BCUT2D eigenvalue weighted by Crippen LogP contribution is 2.34. The van der Waals surface area contributed by atoms with Crippen molar-refractivity contribution < 1.29 is 14.4 Å². The van der Waals surface area contributed by atoms with Crippen LogP contribution in [0.1, 0.15) is 47.2 Å². The van der Waals surface area contributed by atoms with E-state index in [2.05, 4.69) is 37.8 Å². The van der Waals surface area contributed by atoms with Gasteiger partial charge in [0.1, 0.15) is 0 Å². The molecule has 5 heteroatoms. The number of rotatable bonds is 6. The van der Waals surface area contributed by atoms with Gasteiger partial charge < -0.3 is 0 Å². The Kier molecular flexibility index (Phi) is 5.90. The standard InChI is InChI=1S/C28H28N2O3/c1-6-22-15-20(12-17(3)27(22)29-19(5)8-9-24(29)31)14-21-13-18(4)28(23(7-2)16-21)30-25(32)10-11-26(30)33/h8-13,15-16H,5-7,14H2,1-4H3. The number of imide groups is 1. The molecule has 0 aliphatic carbocycles. The maximum Gasteiger partial charge on any atom is 0.258 e. The van der Waals surface area contributed by atoms with Crippen LogP contribution < -0.4 is 9.80 Å². The number of nitrogens with zero attached hydrogens (tertiary/aromatic N) is 2. The number of aryl methyl sites for hydroxylation is 4. The molecule has 33 heavy (non-hydrogen) atoms. The molecule has 0 saturated heterocycles. The molecule has 3 amide bonds. The van der Waals surface area contributed by atoms with Crippen molar-refractivity contribution in [2.45, 2.75) is 47.0 Å². The van der Waals surface area contributed by atoms with Crippen LogP contribution in [0.5, 0.6) is 0 Å². The van der Waals surface area contributed by atoms with Crippen LogP contribution in [0, 0.1) is 13.8 Å². The molecule has 0 saturated carbocycles. The van der Waals surface area contributed by atoms with Crippen molar-refractivity contribution in [3.8, 4) is 0 Å². The monoisotopic (exact) mass is 440 g/mol. The highest BCUT2D eigenvalue weighted by Gasteiger charge is 2.29. The van der Waals surface area contributed by atoms with Gasteiger partial charge in [0.2, 0.25) is 0 Å². The van der Waals surface area contributed by atoms with Crippen LogP contribution in [-0.2, 0) is 33.6 Å². The summed E-state index contributed by atoms with van der Waals surface area (Å²) >= 11 is 0. The summed E-state index contributed by atoms with van der Waals surface area (Å²) in [4.78, 5) is 39.9. The Balaban J connectivity index is 1.70. The lowest BCUT2D eigenvalue weighted by Gasteiger charge is -2.24. The van der Waals surface area contributed by atoms with E-state index in [-0.39, 0.29) is 17.7 Å². The minimum Gasteiger partial charge on any atom is -0.278 e. The molecule has 0 spiro atoms. The fourth-order valence-corrected chi connectivity index (χ4v) is 4.82. The van der Waals surface area contributed by atoms with E-state index in [1.54, 1.807) is 17.1 Å². The molecule has 0 radical (unpaired) electrons. The molecular weight excluding hydrogens is 412 g/mol. The SMILES string of the molecule is C=C1C=CC(=O)N1c1c(C)cc(Cc2cc(C)c(N3C(=O)C=CC3=O)c(CC)c2)cc1CC. The van der Waals surface area contributed by atoms with Gasteiger partial charge >= 0.3 is 0 Å². The second-order valence-corrected chi connectivity index (χ2v) is 8.57. The van der Waals surface area contributed by atoms with Gasteiger partial charge in [-0.15, -0.1) is 0 Å². The van der Waals surface area contributed by atoms with Gasteiger partial charge in [0.05, 0.1) is 11.4 Å². The quantitative estimate of drug-likeness (QED) is 0.603. The third-order valence-corrected chi connectivity index (χ3v) is 6.23. The third-order valence-electron chi connectivity index (χ3n) is 6.23. The van der Waals surface area contributed by atoms with Gasteiger partial charge in [0.25, 0.3) is 17.7 Å².